The maximum atomic E-state index is 13.1. The lowest BCUT2D eigenvalue weighted by Gasteiger charge is -2.26. The molecule has 2 heterocycles. The van der Waals surface area contributed by atoms with Crippen molar-refractivity contribution < 1.29 is 13.2 Å². The Hall–Kier alpha value is -2.48. The Kier molecular flexibility index (Phi) is 5.77. The fraction of sp³-hybridized carbons (Fsp3) is 0.273. The van der Waals surface area contributed by atoms with Crippen LogP contribution in [0.2, 0.25) is 5.02 Å². The summed E-state index contributed by atoms with van der Waals surface area (Å²) in [6.45, 7) is 2.80. The molecule has 1 saturated heterocycles. The average molecular weight is 444 g/mol. The smallest absolute Gasteiger partial charge is 0.256 e. The number of halogens is 1. The van der Waals surface area contributed by atoms with Gasteiger partial charge in [0.2, 0.25) is 10.0 Å². The lowest BCUT2D eigenvalue weighted by molar-refractivity contribution is 0.102. The Morgan fingerprint density at radius 3 is 2.57 bits per heavy atom. The normalized spacial score (nSPS) is 15.3. The fourth-order valence-electron chi connectivity index (χ4n) is 3.72. The summed E-state index contributed by atoms with van der Waals surface area (Å²) in [7, 11) is -3.72. The molecule has 156 valence electrons. The molecule has 1 aromatic heterocycles. The van der Waals surface area contributed by atoms with Crippen LogP contribution in [0.3, 0.4) is 0 Å². The van der Waals surface area contributed by atoms with Gasteiger partial charge >= 0.3 is 0 Å². The number of piperidine rings is 1. The minimum Gasteiger partial charge on any atom is -0.322 e. The Morgan fingerprint density at radius 2 is 1.80 bits per heavy atom. The standard InChI is InChI=1S/C22H22ClN3O3S/c1-15-13-18(17-7-3-4-8-20(17)24-15)22(27)25-16-9-10-19(23)21(14-16)30(28,29)26-11-5-2-6-12-26/h3-4,7-10,13-14H,2,5-6,11-12H2,1H3,(H,25,27). The van der Waals surface area contributed by atoms with Gasteiger partial charge in [0.25, 0.3) is 5.91 Å². The number of carbonyl (C=O) groups is 1. The van der Waals surface area contributed by atoms with Gasteiger partial charge in [-0.25, -0.2) is 8.42 Å². The van der Waals surface area contributed by atoms with E-state index in [9.17, 15) is 13.2 Å². The largest absolute Gasteiger partial charge is 0.322 e. The predicted octanol–water partition coefficient (Wildman–Crippen LogP) is 4.62. The zero-order valence-electron chi connectivity index (χ0n) is 16.6. The molecule has 0 unspecified atom stereocenters. The Labute approximate surface area is 180 Å². The van der Waals surface area contributed by atoms with Crippen LogP contribution in [0, 0.1) is 6.92 Å². The first kappa shape index (κ1) is 20.8. The molecule has 4 rings (SSSR count). The quantitative estimate of drug-likeness (QED) is 0.637. The highest BCUT2D eigenvalue weighted by Gasteiger charge is 2.28. The number of fused-ring (bicyclic) bond motifs is 1. The van der Waals surface area contributed by atoms with Crippen LogP contribution < -0.4 is 5.32 Å². The summed E-state index contributed by atoms with van der Waals surface area (Å²) in [5.74, 6) is -0.333. The zero-order valence-corrected chi connectivity index (χ0v) is 18.1. The molecule has 1 amide bonds. The van der Waals surface area contributed by atoms with E-state index in [1.165, 1.54) is 16.4 Å². The third-order valence-electron chi connectivity index (χ3n) is 5.21. The summed E-state index contributed by atoms with van der Waals surface area (Å²) < 4.78 is 27.6. The summed E-state index contributed by atoms with van der Waals surface area (Å²) in [5, 5.41) is 3.69. The number of para-hydroxylation sites is 1. The highest BCUT2D eigenvalue weighted by Crippen LogP contribution is 2.30. The number of hydrogen-bond acceptors (Lipinski definition) is 4. The third kappa shape index (κ3) is 4.05. The Morgan fingerprint density at radius 1 is 1.07 bits per heavy atom. The highest BCUT2D eigenvalue weighted by atomic mass is 35.5. The SMILES string of the molecule is Cc1cc(C(=O)Nc2ccc(Cl)c(S(=O)(=O)N3CCCCC3)c2)c2ccccc2n1. The molecular formula is C22H22ClN3O3S. The molecule has 1 fully saturated rings. The molecule has 0 radical (unpaired) electrons. The van der Waals surface area contributed by atoms with Crippen LogP contribution in [0.4, 0.5) is 5.69 Å². The molecule has 1 N–H and O–H groups in total. The molecule has 0 spiro atoms. The van der Waals surface area contributed by atoms with Gasteiger partial charge in [-0.05, 0) is 50.1 Å². The minimum atomic E-state index is -3.72. The van der Waals surface area contributed by atoms with E-state index >= 15 is 0 Å². The van der Waals surface area contributed by atoms with Crippen molar-refractivity contribution in [1.29, 1.82) is 0 Å². The second-order valence-electron chi connectivity index (χ2n) is 7.39. The summed E-state index contributed by atoms with van der Waals surface area (Å²) in [6.07, 6.45) is 2.69. The van der Waals surface area contributed by atoms with Crippen molar-refractivity contribution in [3.8, 4) is 0 Å². The van der Waals surface area contributed by atoms with Crippen molar-refractivity contribution in [2.75, 3.05) is 18.4 Å². The summed E-state index contributed by atoms with van der Waals surface area (Å²) >= 11 is 6.23. The number of nitrogens with zero attached hydrogens (tertiary/aromatic N) is 2. The molecule has 8 heteroatoms. The molecule has 1 aliphatic rings. The number of pyridine rings is 1. The van der Waals surface area contributed by atoms with E-state index < -0.39 is 10.0 Å². The number of anilines is 1. The van der Waals surface area contributed by atoms with Crippen LogP contribution in [0.25, 0.3) is 10.9 Å². The maximum absolute atomic E-state index is 13.1. The number of sulfonamides is 1. The van der Waals surface area contributed by atoms with Gasteiger partial charge in [0.15, 0.2) is 0 Å². The minimum absolute atomic E-state index is 0.0135. The van der Waals surface area contributed by atoms with E-state index in [2.05, 4.69) is 10.3 Å². The number of aromatic nitrogens is 1. The Balaban J connectivity index is 1.67. The van der Waals surface area contributed by atoms with E-state index in [4.69, 9.17) is 11.6 Å². The van der Waals surface area contributed by atoms with Gasteiger partial charge in [-0.3, -0.25) is 9.78 Å². The van der Waals surface area contributed by atoms with Gasteiger partial charge in [-0.2, -0.15) is 4.31 Å². The fourth-order valence-corrected chi connectivity index (χ4v) is 5.73. The van der Waals surface area contributed by atoms with E-state index in [0.29, 0.717) is 24.3 Å². The first-order valence-corrected chi connectivity index (χ1v) is 11.7. The number of nitrogens with one attached hydrogen (secondary N) is 1. The van der Waals surface area contributed by atoms with E-state index in [-0.39, 0.29) is 15.8 Å². The number of hydrogen-bond donors (Lipinski definition) is 1. The first-order chi connectivity index (χ1) is 14.4. The van der Waals surface area contributed by atoms with Crippen molar-refractivity contribution in [2.45, 2.75) is 31.1 Å². The summed E-state index contributed by atoms with van der Waals surface area (Å²) in [4.78, 5) is 17.5. The molecule has 6 nitrogen and oxygen atoms in total. The van der Waals surface area contributed by atoms with Gasteiger partial charge in [-0.1, -0.05) is 36.2 Å². The summed E-state index contributed by atoms with van der Waals surface area (Å²) in [5.41, 5.74) is 2.31. The molecule has 2 aromatic carbocycles. The first-order valence-electron chi connectivity index (χ1n) is 9.84. The van der Waals surface area contributed by atoms with Crippen LogP contribution in [0.15, 0.2) is 53.4 Å². The molecule has 0 aliphatic carbocycles. The lowest BCUT2D eigenvalue weighted by atomic mass is 10.1. The number of benzene rings is 2. The molecule has 1 aliphatic heterocycles. The number of carbonyl (C=O) groups excluding carboxylic acids is 1. The molecule has 0 bridgehead atoms. The lowest BCUT2D eigenvalue weighted by Crippen LogP contribution is -2.35. The van der Waals surface area contributed by atoms with Crippen LogP contribution in [0.5, 0.6) is 0 Å². The molecule has 0 saturated carbocycles. The van der Waals surface area contributed by atoms with Crippen molar-refractivity contribution in [2.24, 2.45) is 0 Å². The van der Waals surface area contributed by atoms with Crippen molar-refractivity contribution in [3.63, 3.8) is 0 Å². The van der Waals surface area contributed by atoms with Gasteiger partial charge in [0, 0.05) is 29.9 Å². The molecule has 30 heavy (non-hydrogen) atoms. The number of aryl methyl sites for hydroxylation is 1. The average Bonchev–Trinajstić information content (AvgIpc) is 2.75. The molecule has 0 atom stereocenters. The van der Waals surface area contributed by atoms with Gasteiger partial charge in [-0.15, -0.1) is 0 Å². The second-order valence-corrected chi connectivity index (χ2v) is 9.71. The summed E-state index contributed by atoms with van der Waals surface area (Å²) in [6, 6.07) is 13.7. The number of rotatable bonds is 4. The third-order valence-corrected chi connectivity index (χ3v) is 7.59. The Bertz CT molecular complexity index is 1220. The van der Waals surface area contributed by atoms with E-state index in [0.717, 1.165) is 35.9 Å². The van der Waals surface area contributed by atoms with Crippen LogP contribution in [0.1, 0.15) is 35.3 Å². The van der Waals surface area contributed by atoms with E-state index in [1.54, 1.807) is 12.1 Å². The zero-order chi connectivity index (χ0) is 21.3. The predicted molar refractivity (Wildman–Crippen MR) is 118 cm³/mol. The van der Waals surface area contributed by atoms with Crippen molar-refractivity contribution >= 4 is 44.1 Å². The van der Waals surface area contributed by atoms with Crippen molar-refractivity contribution in [1.82, 2.24) is 9.29 Å². The second kappa shape index (κ2) is 8.34. The topological polar surface area (TPSA) is 79.4 Å². The van der Waals surface area contributed by atoms with Crippen LogP contribution in [-0.2, 0) is 10.0 Å². The van der Waals surface area contributed by atoms with Gasteiger partial charge < -0.3 is 5.32 Å². The molecular weight excluding hydrogens is 422 g/mol. The highest BCUT2D eigenvalue weighted by molar-refractivity contribution is 7.89. The van der Waals surface area contributed by atoms with Crippen LogP contribution >= 0.6 is 11.6 Å². The van der Waals surface area contributed by atoms with Gasteiger partial charge in [0.1, 0.15) is 4.90 Å². The monoisotopic (exact) mass is 443 g/mol. The van der Waals surface area contributed by atoms with Crippen molar-refractivity contribution in [3.05, 3.63) is 64.8 Å². The van der Waals surface area contributed by atoms with Crippen LogP contribution in [-0.4, -0.2) is 36.7 Å². The number of amides is 1. The van der Waals surface area contributed by atoms with Gasteiger partial charge in [0.05, 0.1) is 16.1 Å². The molecule has 3 aromatic rings. The maximum Gasteiger partial charge on any atom is 0.256 e. The van der Waals surface area contributed by atoms with E-state index in [1.807, 2.05) is 31.2 Å².